The van der Waals surface area contributed by atoms with Crippen molar-refractivity contribution in [2.24, 2.45) is 5.92 Å². The first-order valence-corrected chi connectivity index (χ1v) is 7.82. The van der Waals surface area contributed by atoms with Crippen LogP contribution in [0.3, 0.4) is 0 Å². The van der Waals surface area contributed by atoms with Crippen LogP contribution in [-0.4, -0.2) is 36.5 Å². The summed E-state index contributed by atoms with van der Waals surface area (Å²) in [7, 11) is 0. The molecular formula is C17H24N2O. The molecule has 3 rings (SSSR count). The van der Waals surface area contributed by atoms with Gasteiger partial charge in [0.15, 0.2) is 0 Å². The molecule has 0 bridgehead atoms. The first-order valence-electron chi connectivity index (χ1n) is 7.82. The Kier molecular flexibility index (Phi) is 4.06. The van der Waals surface area contributed by atoms with Crippen molar-refractivity contribution in [3.8, 4) is 0 Å². The molecule has 108 valence electrons. The molecule has 3 nitrogen and oxygen atoms in total. The number of hydrogen-bond acceptors (Lipinski definition) is 2. The number of nitrogens with one attached hydrogen (secondary N) is 1. The summed E-state index contributed by atoms with van der Waals surface area (Å²) in [5, 5.41) is 3.65. The van der Waals surface area contributed by atoms with Crippen LogP contribution in [0.5, 0.6) is 0 Å². The second-order valence-electron chi connectivity index (χ2n) is 6.29. The molecule has 1 heterocycles. The number of rotatable bonds is 4. The molecule has 1 saturated carbocycles. The highest BCUT2D eigenvalue weighted by atomic mass is 16.2. The van der Waals surface area contributed by atoms with Gasteiger partial charge in [-0.25, -0.2) is 0 Å². The highest BCUT2D eigenvalue weighted by Crippen LogP contribution is 2.28. The zero-order chi connectivity index (χ0) is 13.9. The molecule has 0 spiro atoms. The summed E-state index contributed by atoms with van der Waals surface area (Å²) in [4.78, 5) is 14.4. The van der Waals surface area contributed by atoms with Crippen LogP contribution in [0.1, 0.15) is 41.6 Å². The number of piperidine rings is 1. The standard InChI is InChI=1S/C17H24N2O/c1-13-3-2-4-15(11-13)17(20)19-9-7-16(8-10-19)18-12-14-5-6-14/h2-4,11,14,16,18H,5-10,12H2,1H3. The molecule has 1 N–H and O–H groups in total. The highest BCUT2D eigenvalue weighted by Gasteiger charge is 2.26. The molecule has 1 aliphatic heterocycles. The molecular weight excluding hydrogens is 248 g/mol. The SMILES string of the molecule is Cc1cccc(C(=O)N2CCC(NCC3CC3)CC2)c1. The molecule has 0 radical (unpaired) electrons. The number of amides is 1. The van der Waals surface area contributed by atoms with E-state index in [4.69, 9.17) is 0 Å². The van der Waals surface area contributed by atoms with E-state index in [0.717, 1.165) is 43.0 Å². The maximum absolute atomic E-state index is 12.4. The molecule has 2 fully saturated rings. The predicted octanol–water partition coefficient (Wildman–Crippen LogP) is 2.60. The van der Waals surface area contributed by atoms with Crippen molar-refractivity contribution in [2.45, 2.75) is 38.6 Å². The quantitative estimate of drug-likeness (QED) is 0.913. The van der Waals surface area contributed by atoms with Gasteiger partial charge in [0, 0.05) is 24.7 Å². The lowest BCUT2D eigenvalue weighted by Gasteiger charge is -2.32. The van der Waals surface area contributed by atoms with Crippen LogP contribution in [0, 0.1) is 12.8 Å². The van der Waals surface area contributed by atoms with Crippen LogP contribution in [0.2, 0.25) is 0 Å². The van der Waals surface area contributed by atoms with Gasteiger partial charge in [0.25, 0.3) is 5.91 Å². The van der Waals surface area contributed by atoms with Gasteiger partial charge in [-0.3, -0.25) is 4.79 Å². The number of hydrogen-bond donors (Lipinski definition) is 1. The smallest absolute Gasteiger partial charge is 0.253 e. The fourth-order valence-corrected chi connectivity index (χ4v) is 2.90. The Balaban J connectivity index is 1.50. The monoisotopic (exact) mass is 272 g/mol. The average molecular weight is 272 g/mol. The Morgan fingerprint density at radius 3 is 2.65 bits per heavy atom. The second-order valence-corrected chi connectivity index (χ2v) is 6.29. The Hall–Kier alpha value is -1.35. The summed E-state index contributed by atoms with van der Waals surface area (Å²) >= 11 is 0. The zero-order valence-electron chi connectivity index (χ0n) is 12.3. The fourth-order valence-electron chi connectivity index (χ4n) is 2.90. The van der Waals surface area contributed by atoms with Crippen molar-refractivity contribution < 1.29 is 4.79 Å². The van der Waals surface area contributed by atoms with Crippen LogP contribution in [0.25, 0.3) is 0 Å². The molecule has 3 heteroatoms. The summed E-state index contributed by atoms with van der Waals surface area (Å²) < 4.78 is 0. The van der Waals surface area contributed by atoms with Crippen molar-refractivity contribution in [1.29, 1.82) is 0 Å². The van der Waals surface area contributed by atoms with Gasteiger partial charge in [0.1, 0.15) is 0 Å². The third kappa shape index (κ3) is 3.40. The summed E-state index contributed by atoms with van der Waals surface area (Å²) in [6.07, 6.45) is 4.98. The summed E-state index contributed by atoms with van der Waals surface area (Å²) in [6.45, 7) is 4.98. The van der Waals surface area contributed by atoms with E-state index >= 15 is 0 Å². The number of likely N-dealkylation sites (tertiary alicyclic amines) is 1. The molecule has 1 amide bonds. The van der Waals surface area contributed by atoms with Crippen LogP contribution < -0.4 is 5.32 Å². The van der Waals surface area contributed by atoms with Gasteiger partial charge in [-0.15, -0.1) is 0 Å². The third-order valence-corrected chi connectivity index (χ3v) is 4.44. The largest absolute Gasteiger partial charge is 0.339 e. The lowest BCUT2D eigenvalue weighted by molar-refractivity contribution is 0.0705. The lowest BCUT2D eigenvalue weighted by atomic mass is 10.0. The molecule has 0 atom stereocenters. The summed E-state index contributed by atoms with van der Waals surface area (Å²) in [5.41, 5.74) is 1.98. The van der Waals surface area contributed by atoms with Gasteiger partial charge in [-0.1, -0.05) is 17.7 Å². The van der Waals surface area contributed by atoms with Gasteiger partial charge in [0.05, 0.1) is 0 Å². The third-order valence-electron chi connectivity index (χ3n) is 4.44. The molecule has 1 aliphatic carbocycles. The van der Waals surface area contributed by atoms with Crippen molar-refractivity contribution in [3.63, 3.8) is 0 Å². The summed E-state index contributed by atoms with van der Waals surface area (Å²) in [5.74, 6) is 1.12. The van der Waals surface area contributed by atoms with E-state index in [-0.39, 0.29) is 5.91 Å². The molecule has 20 heavy (non-hydrogen) atoms. The van der Waals surface area contributed by atoms with Crippen molar-refractivity contribution >= 4 is 5.91 Å². The molecule has 1 saturated heterocycles. The van der Waals surface area contributed by atoms with Gasteiger partial charge in [-0.05, 0) is 57.2 Å². The highest BCUT2D eigenvalue weighted by molar-refractivity contribution is 5.94. The number of carbonyl (C=O) groups excluding carboxylic acids is 1. The van der Waals surface area contributed by atoms with Crippen molar-refractivity contribution in [3.05, 3.63) is 35.4 Å². The van der Waals surface area contributed by atoms with Gasteiger partial charge in [0.2, 0.25) is 0 Å². The maximum Gasteiger partial charge on any atom is 0.253 e. The Morgan fingerprint density at radius 1 is 1.25 bits per heavy atom. The molecule has 0 unspecified atom stereocenters. The van der Waals surface area contributed by atoms with Crippen LogP contribution in [0.4, 0.5) is 0 Å². The Bertz CT molecular complexity index is 474. The zero-order valence-corrected chi connectivity index (χ0v) is 12.3. The van der Waals surface area contributed by atoms with Gasteiger partial charge >= 0.3 is 0 Å². The number of carbonyl (C=O) groups is 1. The molecule has 1 aromatic carbocycles. The fraction of sp³-hybridized carbons (Fsp3) is 0.588. The number of nitrogens with zero attached hydrogens (tertiary/aromatic N) is 1. The minimum absolute atomic E-state index is 0.189. The minimum atomic E-state index is 0.189. The van der Waals surface area contributed by atoms with Crippen molar-refractivity contribution in [1.82, 2.24) is 10.2 Å². The van der Waals surface area contributed by atoms with E-state index < -0.39 is 0 Å². The van der Waals surface area contributed by atoms with Crippen LogP contribution in [0.15, 0.2) is 24.3 Å². The maximum atomic E-state index is 12.4. The topological polar surface area (TPSA) is 32.3 Å². The van der Waals surface area contributed by atoms with E-state index in [0.29, 0.717) is 6.04 Å². The normalized spacial score (nSPS) is 20.1. The van der Waals surface area contributed by atoms with Crippen LogP contribution >= 0.6 is 0 Å². The molecule has 0 aromatic heterocycles. The second kappa shape index (κ2) is 5.96. The number of benzene rings is 1. The van der Waals surface area contributed by atoms with E-state index in [1.54, 1.807) is 0 Å². The van der Waals surface area contributed by atoms with E-state index in [1.807, 2.05) is 36.1 Å². The van der Waals surface area contributed by atoms with Crippen molar-refractivity contribution in [2.75, 3.05) is 19.6 Å². The molecule has 2 aliphatic rings. The minimum Gasteiger partial charge on any atom is -0.339 e. The Morgan fingerprint density at radius 2 is 2.00 bits per heavy atom. The van der Waals surface area contributed by atoms with E-state index in [9.17, 15) is 4.79 Å². The van der Waals surface area contributed by atoms with E-state index in [2.05, 4.69) is 5.32 Å². The number of aryl methyl sites for hydroxylation is 1. The molecule has 1 aromatic rings. The average Bonchev–Trinajstić information content (AvgIpc) is 3.29. The van der Waals surface area contributed by atoms with Gasteiger partial charge < -0.3 is 10.2 Å². The first kappa shape index (κ1) is 13.6. The Labute approximate surface area is 121 Å². The van der Waals surface area contributed by atoms with Crippen LogP contribution in [-0.2, 0) is 0 Å². The first-order chi connectivity index (χ1) is 9.72. The van der Waals surface area contributed by atoms with Gasteiger partial charge in [-0.2, -0.15) is 0 Å². The lowest BCUT2D eigenvalue weighted by Crippen LogP contribution is -2.45. The summed E-state index contributed by atoms with van der Waals surface area (Å²) in [6, 6.07) is 8.52. The predicted molar refractivity (Wildman–Crippen MR) is 80.8 cm³/mol. The van der Waals surface area contributed by atoms with E-state index in [1.165, 1.54) is 19.4 Å².